The molecule has 1 unspecified atom stereocenters. The highest BCUT2D eigenvalue weighted by Crippen LogP contribution is 2.25. The molecule has 0 fully saturated rings. The van der Waals surface area contributed by atoms with Crippen molar-refractivity contribution in [1.82, 2.24) is 0 Å². The minimum atomic E-state index is -0.334. The topological polar surface area (TPSA) is 59.3 Å². The van der Waals surface area contributed by atoms with E-state index >= 15 is 0 Å². The van der Waals surface area contributed by atoms with Gasteiger partial charge in [0.25, 0.3) is 0 Å². The van der Waals surface area contributed by atoms with Crippen LogP contribution in [0.1, 0.15) is 55.7 Å². The molecule has 0 saturated heterocycles. The SMILES string of the molecule is COC(=O)c1ccc(CC(/C=C/c2ccccc2OCc2ccc(CCc3ccccc3)cc2)CCc2ccc(C#N)cc2)cc1. The molecule has 0 aliphatic rings. The number of rotatable bonds is 14. The predicted octanol–water partition coefficient (Wildman–Crippen LogP) is 9.21. The van der Waals surface area contributed by atoms with Crippen LogP contribution in [0.5, 0.6) is 5.75 Å². The van der Waals surface area contributed by atoms with Gasteiger partial charge in [0.15, 0.2) is 0 Å². The third kappa shape index (κ3) is 9.55. The number of hydrogen-bond acceptors (Lipinski definition) is 4. The molecule has 0 aliphatic heterocycles. The van der Waals surface area contributed by atoms with Crippen LogP contribution in [0.15, 0.2) is 133 Å². The molecule has 5 aromatic rings. The molecule has 0 radical (unpaired) electrons. The summed E-state index contributed by atoms with van der Waals surface area (Å²) in [6.07, 6.45) is 9.12. The van der Waals surface area contributed by atoms with Gasteiger partial charge in [0.1, 0.15) is 12.4 Å². The van der Waals surface area contributed by atoms with E-state index in [1.807, 2.05) is 66.7 Å². The number of allylic oxidation sites excluding steroid dienone is 1. The summed E-state index contributed by atoms with van der Waals surface area (Å²) in [5.74, 6) is 0.760. The lowest BCUT2D eigenvalue weighted by molar-refractivity contribution is 0.0600. The second-order valence-corrected chi connectivity index (χ2v) is 11.5. The number of benzene rings is 5. The standard InChI is InChI=1S/C42H39NO3/c1-45-42(44)40-27-24-36(25-28-40)29-35(18-13-34-14-19-37(30-43)20-15-34)23-26-39-9-5-6-10-41(39)46-31-38-21-16-33(17-22-38)12-11-32-7-3-2-4-8-32/h2-10,14-17,19-28,35H,11-13,18,29,31H2,1H3/b26-23+. The van der Waals surface area contributed by atoms with E-state index in [0.29, 0.717) is 17.7 Å². The molecule has 5 rings (SSSR count). The molecule has 0 spiro atoms. The van der Waals surface area contributed by atoms with Gasteiger partial charge in [-0.3, -0.25) is 0 Å². The number of nitrogens with zero attached hydrogens (tertiary/aromatic N) is 1. The first kappa shape index (κ1) is 32.0. The fourth-order valence-corrected chi connectivity index (χ4v) is 5.45. The minimum absolute atomic E-state index is 0.246. The molecule has 0 bridgehead atoms. The van der Waals surface area contributed by atoms with Gasteiger partial charge >= 0.3 is 5.97 Å². The highest BCUT2D eigenvalue weighted by atomic mass is 16.5. The van der Waals surface area contributed by atoms with E-state index in [1.165, 1.54) is 23.8 Å². The van der Waals surface area contributed by atoms with Gasteiger partial charge in [0, 0.05) is 5.56 Å². The van der Waals surface area contributed by atoms with Crippen molar-refractivity contribution >= 4 is 12.0 Å². The van der Waals surface area contributed by atoms with Crippen molar-refractivity contribution in [1.29, 1.82) is 5.26 Å². The van der Waals surface area contributed by atoms with Gasteiger partial charge in [-0.1, -0.05) is 109 Å². The maximum Gasteiger partial charge on any atom is 0.337 e. The van der Waals surface area contributed by atoms with E-state index in [4.69, 9.17) is 14.7 Å². The molecule has 0 N–H and O–H groups in total. The van der Waals surface area contributed by atoms with Gasteiger partial charge in [-0.2, -0.15) is 5.26 Å². The summed E-state index contributed by atoms with van der Waals surface area (Å²) in [5, 5.41) is 9.15. The van der Waals surface area contributed by atoms with Crippen molar-refractivity contribution < 1.29 is 14.3 Å². The predicted molar refractivity (Wildman–Crippen MR) is 185 cm³/mol. The zero-order valence-electron chi connectivity index (χ0n) is 26.3. The zero-order valence-corrected chi connectivity index (χ0v) is 26.3. The van der Waals surface area contributed by atoms with Gasteiger partial charge in [-0.15, -0.1) is 0 Å². The van der Waals surface area contributed by atoms with E-state index in [0.717, 1.165) is 54.5 Å². The lowest BCUT2D eigenvalue weighted by atomic mass is 9.91. The molecular formula is C42H39NO3. The van der Waals surface area contributed by atoms with Gasteiger partial charge in [-0.05, 0) is 96.2 Å². The maximum atomic E-state index is 11.9. The molecule has 1 atom stereocenters. The van der Waals surface area contributed by atoms with Crippen LogP contribution in [0, 0.1) is 17.2 Å². The highest BCUT2D eigenvalue weighted by Gasteiger charge is 2.11. The summed E-state index contributed by atoms with van der Waals surface area (Å²) < 4.78 is 11.2. The number of carbonyl (C=O) groups is 1. The average Bonchev–Trinajstić information content (AvgIpc) is 3.12. The quantitative estimate of drug-likeness (QED) is 0.118. The third-order valence-electron chi connectivity index (χ3n) is 8.19. The Bertz CT molecular complexity index is 1750. The Morgan fingerprint density at radius 2 is 1.28 bits per heavy atom. The van der Waals surface area contributed by atoms with Crippen LogP contribution < -0.4 is 4.74 Å². The van der Waals surface area contributed by atoms with Crippen molar-refractivity contribution in [3.8, 4) is 11.8 Å². The summed E-state index contributed by atoms with van der Waals surface area (Å²) >= 11 is 0. The lowest BCUT2D eigenvalue weighted by Crippen LogP contribution is -2.05. The average molecular weight is 606 g/mol. The number of ether oxygens (including phenoxy) is 2. The second kappa shape index (κ2) is 16.6. The molecule has 46 heavy (non-hydrogen) atoms. The van der Waals surface area contributed by atoms with Crippen molar-refractivity contribution in [2.45, 2.75) is 38.7 Å². The van der Waals surface area contributed by atoms with Gasteiger partial charge in [-0.25, -0.2) is 4.79 Å². The first-order chi connectivity index (χ1) is 22.6. The Morgan fingerprint density at radius 3 is 1.98 bits per heavy atom. The number of carbonyl (C=O) groups excluding carboxylic acids is 1. The van der Waals surface area contributed by atoms with Crippen LogP contribution in [0.3, 0.4) is 0 Å². The molecular weight excluding hydrogens is 566 g/mol. The zero-order chi connectivity index (χ0) is 32.0. The monoisotopic (exact) mass is 605 g/mol. The number of methoxy groups -OCH3 is 1. The summed E-state index contributed by atoms with van der Waals surface area (Å²) in [5.41, 5.74) is 8.41. The van der Waals surface area contributed by atoms with E-state index in [-0.39, 0.29) is 11.9 Å². The maximum absolute atomic E-state index is 11.9. The Hall–Kier alpha value is -5.40. The van der Waals surface area contributed by atoms with Crippen molar-refractivity contribution in [2.75, 3.05) is 7.11 Å². The Morgan fingerprint density at radius 1 is 0.696 bits per heavy atom. The third-order valence-corrected chi connectivity index (χ3v) is 8.19. The van der Waals surface area contributed by atoms with Crippen LogP contribution in [0.25, 0.3) is 6.08 Å². The number of nitriles is 1. The Labute approximate surface area is 272 Å². The van der Waals surface area contributed by atoms with Crippen LogP contribution in [0.2, 0.25) is 0 Å². The summed E-state index contributed by atoms with van der Waals surface area (Å²) in [6.45, 7) is 0.498. The largest absolute Gasteiger partial charge is 0.488 e. The Kier molecular flexibility index (Phi) is 11.6. The number of aryl methyl sites for hydroxylation is 3. The molecule has 0 amide bonds. The first-order valence-corrected chi connectivity index (χ1v) is 15.8. The molecule has 4 nitrogen and oxygen atoms in total. The van der Waals surface area contributed by atoms with Crippen LogP contribution >= 0.6 is 0 Å². The van der Waals surface area contributed by atoms with Crippen LogP contribution in [-0.4, -0.2) is 13.1 Å². The summed E-state index contributed by atoms with van der Waals surface area (Å²) in [6, 6.07) is 45.1. The number of para-hydroxylation sites is 1. The first-order valence-electron chi connectivity index (χ1n) is 15.8. The second-order valence-electron chi connectivity index (χ2n) is 11.5. The van der Waals surface area contributed by atoms with E-state index in [2.05, 4.69) is 78.9 Å². The van der Waals surface area contributed by atoms with Gasteiger partial charge in [0.2, 0.25) is 0 Å². The molecule has 0 heterocycles. The smallest absolute Gasteiger partial charge is 0.337 e. The molecule has 230 valence electrons. The molecule has 0 aliphatic carbocycles. The van der Waals surface area contributed by atoms with E-state index in [9.17, 15) is 4.79 Å². The normalized spacial score (nSPS) is 11.6. The van der Waals surface area contributed by atoms with E-state index < -0.39 is 0 Å². The fraction of sp³-hybridized carbons (Fsp3) is 0.190. The van der Waals surface area contributed by atoms with Crippen LogP contribution in [-0.2, 0) is 37.0 Å². The van der Waals surface area contributed by atoms with Crippen LogP contribution in [0.4, 0.5) is 0 Å². The lowest BCUT2D eigenvalue weighted by Gasteiger charge is -2.15. The molecule has 4 heteroatoms. The summed E-state index contributed by atoms with van der Waals surface area (Å²) in [7, 11) is 1.39. The fourth-order valence-electron chi connectivity index (χ4n) is 5.45. The highest BCUT2D eigenvalue weighted by molar-refractivity contribution is 5.89. The van der Waals surface area contributed by atoms with Gasteiger partial charge in [0.05, 0.1) is 24.3 Å². The number of hydrogen-bond donors (Lipinski definition) is 0. The minimum Gasteiger partial charge on any atom is -0.488 e. The van der Waals surface area contributed by atoms with E-state index in [1.54, 1.807) is 0 Å². The number of esters is 1. The molecule has 0 aromatic heterocycles. The van der Waals surface area contributed by atoms with Crippen molar-refractivity contribution in [3.05, 3.63) is 178 Å². The van der Waals surface area contributed by atoms with Gasteiger partial charge < -0.3 is 9.47 Å². The molecule has 0 saturated carbocycles. The van der Waals surface area contributed by atoms with Crippen molar-refractivity contribution in [2.24, 2.45) is 5.92 Å². The Balaban J connectivity index is 1.24. The van der Waals surface area contributed by atoms with Crippen molar-refractivity contribution in [3.63, 3.8) is 0 Å². The molecule has 5 aromatic carbocycles. The summed E-state index contributed by atoms with van der Waals surface area (Å²) in [4.78, 5) is 11.9.